The van der Waals surface area contributed by atoms with Crippen molar-refractivity contribution in [2.75, 3.05) is 0 Å². The second-order valence-electron chi connectivity index (χ2n) is 4.38. The Hall–Kier alpha value is -2.65. The van der Waals surface area contributed by atoms with Gasteiger partial charge in [-0.2, -0.15) is 0 Å². The molecule has 0 saturated carbocycles. The van der Waals surface area contributed by atoms with Crippen molar-refractivity contribution in [3.63, 3.8) is 0 Å². The van der Waals surface area contributed by atoms with E-state index in [9.17, 15) is 9.90 Å². The smallest absolute Gasteiger partial charge is 0.336 e. The van der Waals surface area contributed by atoms with Gasteiger partial charge in [-0.05, 0) is 28.0 Å². The molecule has 0 heterocycles. The van der Waals surface area contributed by atoms with Crippen LogP contribution in [-0.2, 0) is 0 Å². The molecule has 20 heavy (non-hydrogen) atoms. The third-order valence-electron chi connectivity index (χ3n) is 3.24. The Kier molecular flexibility index (Phi) is 3.82. The van der Waals surface area contributed by atoms with E-state index in [1.54, 1.807) is 12.1 Å². The third kappa shape index (κ3) is 2.27. The summed E-state index contributed by atoms with van der Waals surface area (Å²) in [6, 6.07) is 21.0. The predicted molar refractivity (Wildman–Crippen MR) is 81.4 cm³/mol. The van der Waals surface area contributed by atoms with Crippen molar-refractivity contribution < 1.29 is 9.90 Å². The number of rotatable bonds is 2. The monoisotopic (exact) mass is 265 g/mol. The van der Waals surface area contributed by atoms with Crippen LogP contribution in [0.3, 0.4) is 0 Å². The average molecular weight is 265 g/mol. The molecule has 100 valence electrons. The Morgan fingerprint density at radius 2 is 1.35 bits per heavy atom. The molecule has 0 saturated heterocycles. The van der Waals surface area contributed by atoms with Gasteiger partial charge in [0.2, 0.25) is 0 Å². The summed E-state index contributed by atoms with van der Waals surface area (Å²) in [5.41, 5.74) is 2.04. The largest absolute Gasteiger partial charge is 0.478 e. The molecule has 0 radical (unpaired) electrons. The summed E-state index contributed by atoms with van der Waals surface area (Å²) >= 11 is 0. The molecule has 4 N–H and O–H groups in total. The normalized spacial score (nSPS) is 10.0. The topological polar surface area (TPSA) is 72.3 Å². The van der Waals surface area contributed by atoms with Crippen molar-refractivity contribution in [2.24, 2.45) is 0 Å². The van der Waals surface area contributed by atoms with Crippen molar-refractivity contribution in [2.45, 2.75) is 0 Å². The van der Waals surface area contributed by atoms with Gasteiger partial charge in [-0.15, -0.1) is 0 Å². The molecule has 0 amide bonds. The summed E-state index contributed by atoms with van der Waals surface area (Å²) in [6.45, 7) is 0. The molecule has 3 rings (SSSR count). The van der Waals surface area contributed by atoms with E-state index in [1.807, 2.05) is 54.6 Å². The molecule has 3 aromatic rings. The summed E-state index contributed by atoms with van der Waals surface area (Å²) in [4.78, 5) is 11.3. The van der Waals surface area contributed by atoms with Crippen LogP contribution in [0.5, 0.6) is 0 Å². The van der Waals surface area contributed by atoms with Crippen LogP contribution >= 0.6 is 0 Å². The maximum Gasteiger partial charge on any atom is 0.336 e. The zero-order chi connectivity index (χ0) is 13.2. The second kappa shape index (κ2) is 5.55. The van der Waals surface area contributed by atoms with E-state index in [2.05, 4.69) is 0 Å². The number of fused-ring (bicyclic) bond motifs is 1. The highest BCUT2D eigenvalue weighted by atomic mass is 16.4. The van der Waals surface area contributed by atoms with Crippen molar-refractivity contribution in [1.82, 2.24) is 6.15 Å². The number of aromatic carboxylic acids is 1. The molecule has 3 nitrogen and oxygen atoms in total. The van der Waals surface area contributed by atoms with Crippen molar-refractivity contribution in [1.29, 1.82) is 0 Å². The van der Waals surface area contributed by atoms with Crippen LogP contribution in [0.2, 0.25) is 0 Å². The van der Waals surface area contributed by atoms with Crippen LogP contribution in [0.15, 0.2) is 66.7 Å². The first-order valence-electron chi connectivity index (χ1n) is 6.08. The summed E-state index contributed by atoms with van der Waals surface area (Å²) in [7, 11) is 0. The highest BCUT2D eigenvalue weighted by Gasteiger charge is 2.12. The van der Waals surface area contributed by atoms with Crippen LogP contribution in [0, 0.1) is 0 Å². The van der Waals surface area contributed by atoms with E-state index in [0.29, 0.717) is 5.56 Å². The first-order valence-corrected chi connectivity index (χ1v) is 6.08. The first kappa shape index (κ1) is 13.8. The van der Waals surface area contributed by atoms with E-state index >= 15 is 0 Å². The first-order chi connectivity index (χ1) is 9.27. The van der Waals surface area contributed by atoms with E-state index in [-0.39, 0.29) is 6.15 Å². The van der Waals surface area contributed by atoms with Gasteiger partial charge in [-0.3, -0.25) is 0 Å². The van der Waals surface area contributed by atoms with E-state index < -0.39 is 5.97 Å². The lowest BCUT2D eigenvalue weighted by molar-refractivity contribution is 0.0698. The number of hydrogen-bond acceptors (Lipinski definition) is 2. The summed E-state index contributed by atoms with van der Waals surface area (Å²) in [5, 5.41) is 11.5. The van der Waals surface area contributed by atoms with Gasteiger partial charge in [-0.1, -0.05) is 60.7 Å². The zero-order valence-corrected chi connectivity index (χ0v) is 10.9. The van der Waals surface area contributed by atoms with Crippen LogP contribution in [0.4, 0.5) is 0 Å². The lowest BCUT2D eigenvalue weighted by Crippen LogP contribution is -1.99. The van der Waals surface area contributed by atoms with Gasteiger partial charge < -0.3 is 11.3 Å². The fourth-order valence-corrected chi connectivity index (χ4v) is 2.36. The molecule has 3 aromatic carbocycles. The van der Waals surface area contributed by atoms with Gasteiger partial charge >= 0.3 is 5.97 Å². The molecule has 0 atom stereocenters. The fraction of sp³-hybridized carbons (Fsp3) is 0. The van der Waals surface area contributed by atoms with Crippen LogP contribution in [-0.4, -0.2) is 11.1 Å². The molecule has 0 aliphatic rings. The molecule has 0 bridgehead atoms. The highest BCUT2D eigenvalue weighted by molar-refractivity contribution is 6.03. The average Bonchev–Trinajstić information content (AvgIpc) is 2.46. The standard InChI is InChI=1S/C17H12O2.H3N/c18-17(19)16-10-4-3-9-15(16)14-11-5-7-12-6-1-2-8-13(12)14;/h1-11H,(H,18,19);1H3. The Morgan fingerprint density at radius 3 is 2.15 bits per heavy atom. The van der Waals surface area contributed by atoms with Crippen molar-refractivity contribution >= 4 is 16.7 Å². The molecule has 0 fully saturated rings. The molecule has 0 unspecified atom stereocenters. The van der Waals surface area contributed by atoms with Gasteiger partial charge in [0.15, 0.2) is 0 Å². The van der Waals surface area contributed by atoms with Gasteiger partial charge in [0.1, 0.15) is 0 Å². The summed E-state index contributed by atoms with van der Waals surface area (Å²) in [6.07, 6.45) is 0. The quantitative estimate of drug-likeness (QED) is 0.722. The molecular formula is C17H15NO2. The fourth-order valence-electron chi connectivity index (χ4n) is 2.36. The number of carbonyl (C=O) groups is 1. The van der Waals surface area contributed by atoms with E-state index in [4.69, 9.17) is 0 Å². The number of carboxylic acids is 1. The van der Waals surface area contributed by atoms with Crippen LogP contribution in [0.1, 0.15) is 10.4 Å². The van der Waals surface area contributed by atoms with E-state index in [1.165, 1.54) is 0 Å². The van der Waals surface area contributed by atoms with Gasteiger partial charge in [0.25, 0.3) is 0 Å². The summed E-state index contributed by atoms with van der Waals surface area (Å²) in [5.74, 6) is -0.900. The lowest BCUT2D eigenvalue weighted by atomic mass is 9.95. The van der Waals surface area contributed by atoms with Crippen molar-refractivity contribution in [3.8, 4) is 11.1 Å². The van der Waals surface area contributed by atoms with Crippen LogP contribution in [0.25, 0.3) is 21.9 Å². The Bertz CT molecular complexity index is 760. The predicted octanol–water partition coefficient (Wildman–Crippen LogP) is 4.37. The SMILES string of the molecule is N.O=C(O)c1ccccc1-c1cccc2ccccc12. The Morgan fingerprint density at radius 1 is 0.750 bits per heavy atom. The highest BCUT2D eigenvalue weighted by Crippen LogP contribution is 2.30. The minimum Gasteiger partial charge on any atom is -0.478 e. The van der Waals surface area contributed by atoms with Gasteiger partial charge in [0, 0.05) is 0 Å². The number of benzene rings is 3. The second-order valence-corrected chi connectivity index (χ2v) is 4.38. The Balaban J connectivity index is 0.00000147. The number of carboxylic acid groups (broad SMARTS) is 1. The third-order valence-corrected chi connectivity index (χ3v) is 3.24. The maximum atomic E-state index is 11.3. The maximum absolute atomic E-state index is 11.3. The van der Waals surface area contributed by atoms with Crippen molar-refractivity contribution in [3.05, 3.63) is 72.3 Å². The van der Waals surface area contributed by atoms with Gasteiger partial charge in [0.05, 0.1) is 5.56 Å². The Labute approximate surface area is 117 Å². The van der Waals surface area contributed by atoms with E-state index in [0.717, 1.165) is 21.9 Å². The zero-order valence-electron chi connectivity index (χ0n) is 10.9. The molecule has 0 aromatic heterocycles. The minimum atomic E-state index is -0.900. The molecule has 3 heteroatoms. The summed E-state index contributed by atoms with van der Waals surface area (Å²) < 4.78 is 0. The molecule has 0 aliphatic heterocycles. The molecular weight excluding hydrogens is 250 g/mol. The molecule has 0 aliphatic carbocycles. The lowest BCUT2D eigenvalue weighted by Gasteiger charge is -2.09. The molecule has 0 spiro atoms. The van der Waals surface area contributed by atoms with Gasteiger partial charge in [-0.25, -0.2) is 4.79 Å². The number of hydrogen-bond donors (Lipinski definition) is 2. The minimum absolute atomic E-state index is 0. The van der Waals surface area contributed by atoms with Crippen LogP contribution < -0.4 is 6.15 Å².